The van der Waals surface area contributed by atoms with E-state index in [1.54, 1.807) is 26.0 Å². The van der Waals surface area contributed by atoms with Gasteiger partial charge < -0.3 is 10.4 Å². The molecule has 0 fully saturated rings. The molecule has 140 valence electrons. The van der Waals surface area contributed by atoms with Gasteiger partial charge >= 0.3 is 6.18 Å². The van der Waals surface area contributed by atoms with Crippen molar-refractivity contribution in [1.82, 2.24) is 4.98 Å². The van der Waals surface area contributed by atoms with Crippen LogP contribution in [-0.4, -0.2) is 15.0 Å². The van der Waals surface area contributed by atoms with E-state index in [2.05, 4.69) is 10.3 Å². The van der Waals surface area contributed by atoms with Crippen molar-refractivity contribution in [1.29, 1.82) is 0 Å². The Balaban J connectivity index is 2.31. The van der Waals surface area contributed by atoms with Gasteiger partial charge in [-0.1, -0.05) is 17.7 Å². The SMILES string of the molecule is Cc1nc(CNc2cc(Cl)c(C(F)(F)F)cc2[N+](=O)[O-])ccc1[C@H](C)O. The second kappa shape index (κ2) is 7.46. The Morgan fingerprint density at radius 2 is 2.04 bits per heavy atom. The third-order valence-electron chi connectivity index (χ3n) is 3.68. The maximum Gasteiger partial charge on any atom is 0.418 e. The Bertz CT molecular complexity index is 841. The largest absolute Gasteiger partial charge is 0.418 e. The maximum absolute atomic E-state index is 12.9. The van der Waals surface area contributed by atoms with Gasteiger partial charge in [0.15, 0.2) is 0 Å². The average Bonchev–Trinajstić information content (AvgIpc) is 2.51. The van der Waals surface area contributed by atoms with Crippen molar-refractivity contribution in [3.63, 3.8) is 0 Å². The van der Waals surface area contributed by atoms with E-state index in [0.29, 0.717) is 23.0 Å². The highest BCUT2D eigenvalue weighted by atomic mass is 35.5. The van der Waals surface area contributed by atoms with E-state index in [1.807, 2.05) is 0 Å². The van der Waals surface area contributed by atoms with Crippen LogP contribution in [0.5, 0.6) is 0 Å². The zero-order chi connectivity index (χ0) is 19.6. The zero-order valence-electron chi connectivity index (χ0n) is 13.8. The molecule has 0 aliphatic carbocycles. The predicted molar refractivity (Wildman–Crippen MR) is 90.0 cm³/mol. The van der Waals surface area contributed by atoms with Crippen molar-refractivity contribution in [2.75, 3.05) is 5.32 Å². The van der Waals surface area contributed by atoms with E-state index >= 15 is 0 Å². The summed E-state index contributed by atoms with van der Waals surface area (Å²) in [6, 6.07) is 4.55. The number of aliphatic hydroxyl groups excluding tert-OH is 1. The highest BCUT2D eigenvalue weighted by Gasteiger charge is 2.36. The molecule has 0 saturated heterocycles. The topological polar surface area (TPSA) is 88.3 Å². The summed E-state index contributed by atoms with van der Waals surface area (Å²) in [5.41, 5.74) is -0.438. The molecule has 2 N–H and O–H groups in total. The Kier molecular flexibility index (Phi) is 5.72. The quantitative estimate of drug-likeness (QED) is 0.574. The van der Waals surface area contributed by atoms with Gasteiger partial charge in [-0.2, -0.15) is 13.2 Å². The molecule has 10 heteroatoms. The first-order valence-electron chi connectivity index (χ1n) is 7.44. The summed E-state index contributed by atoms with van der Waals surface area (Å²) in [4.78, 5) is 14.5. The molecule has 0 spiro atoms. The maximum atomic E-state index is 12.9. The van der Waals surface area contributed by atoms with Crippen LogP contribution in [0.25, 0.3) is 0 Å². The van der Waals surface area contributed by atoms with Crippen LogP contribution in [0, 0.1) is 17.0 Å². The van der Waals surface area contributed by atoms with Crippen LogP contribution >= 0.6 is 11.6 Å². The fourth-order valence-corrected chi connectivity index (χ4v) is 2.69. The summed E-state index contributed by atoms with van der Waals surface area (Å²) in [7, 11) is 0. The summed E-state index contributed by atoms with van der Waals surface area (Å²) < 4.78 is 38.6. The van der Waals surface area contributed by atoms with Crippen molar-refractivity contribution >= 4 is 23.0 Å². The molecule has 0 unspecified atom stereocenters. The van der Waals surface area contributed by atoms with E-state index in [0.717, 1.165) is 6.07 Å². The Hall–Kier alpha value is -2.39. The second-order valence-corrected chi connectivity index (χ2v) is 6.02. The highest BCUT2D eigenvalue weighted by molar-refractivity contribution is 6.31. The number of aliphatic hydroxyl groups is 1. The van der Waals surface area contributed by atoms with Crippen molar-refractivity contribution in [2.45, 2.75) is 32.7 Å². The third-order valence-corrected chi connectivity index (χ3v) is 3.99. The molecule has 1 heterocycles. The minimum absolute atomic E-state index is 0.0312. The lowest BCUT2D eigenvalue weighted by molar-refractivity contribution is -0.384. The number of hydrogen-bond donors (Lipinski definition) is 2. The molecule has 1 aromatic carbocycles. The third kappa shape index (κ3) is 4.41. The van der Waals surface area contributed by atoms with E-state index in [-0.39, 0.29) is 12.2 Å². The number of pyridine rings is 1. The molecule has 1 aromatic heterocycles. The number of alkyl halides is 3. The van der Waals surface area contributed by atoms with E-state index in [9.17, 15) is 28.4 Å². The smallest absolute Gasteiger partial charge is 0.389 e. The summed E-state index contributed by atoms with van der Waals surface area (Å²) in [5, 5.41) is 22.7. The van der Waals surface area contributed by atoms with Crippen LogP contribution in [0.3, 0.4) is 0 Å². The van der Waals surface area contributed by atoms with Crippen LogP contribution < -0.4 is 5.32 Å². The Labute approximate surface area is 151 Å². The molecule has 2 rings (SSSR count). The number of aromatic nitrogens is 1. The number of rotatable bonds is 5. The summed E-state index contributed by atoms with van der Waals surface area (Å²) in [6.45, 7) is 3.32. The molecule has 6 nitrogen and oxygen atoms in total. The first-order valence-corrected chi connectivity index (χ1v) is 7.82. The number of nitro groups is 1. The minimum atomic E-state index is -4.80. The monoisotopic (exact) mass is 389 g/mol. The predicted octanol–water partition coefficient (Wildman–Crippen LogP) is 4.64. The number of aryl methyl sites for hydroxylation is 1. The van der Waals surface area contributed by atoms with Gasteiger partial charge in [0, 0.05) is 17.3 Å². The molecule has 0 radical (unpaired) electrons. The standard InChI is InChI=1S/C16H15ClF3N3O3/c1-8-11(9(2)24)4-3-10(22-8)7-21-14-6-13(17)12(16(18,19)20)5-15(14)23(25)26/h3-6,9,21,24H,7H2,1-2H3/t9-/m0/s1. The highest BCUT2D eigenvalue weighted by Crippen LogP contribution is 2.40. The number of nitro benzene ring substituents is 1. The average molecular weight is 390 g/mol. The molecule has 0 bridgehead atoms. The van der Waals surface area contributed by atoms with Gasteiger partial charge in [0.05, 0.1) is 33.9 Å². The van der Waals surface area contributed by atoms with Crippen LogP contribution in [0.2, 0.25) is 5.02 Å². The lowest BCUT2D eigenvalue weighted by Crippen LogP contribution is -2.10. The van der Waals surface area contributed by atoms with Crippen molar-refractivity contribution < 1.29 is 23.2 Å². The summed E-state index contributed by atoms with van der Waals surface area (Å²) >= 11 is 5.63. The van der Waals surface area contributed by atoms with E-state index < -0.39 is 33.5 Å². The number of halogens is 4. The van der Waals surface area contributed by atoms with Crippen LogP contribution in [-0.2, 0) is 12.7 Å². The molecule has 26 heavy (non-hydrogen) atoms. The number of anilines is 1. The van der Waals surface area contributed by atoms with Gasteiger partial charge in [-0.3, -0.25) is 15.1 Å². The summed E-state index contributed by atoms with van der Waals surface area (Å²) in [5.74, 6) is 0. The zero-order valence-corrected chi connectivity index (χ0v) is 14.5. The number of benzene rings is 1. The lowest BCUT2D eigenvalue weighted by Gasteiger charge is -2.13. The van der Waals surface area contributed by atoms with Gasteiger partial charge in [0.1, 0.15) is 5.69 Å². The fourth-order valence-electron chi connectivity index (χ4n) is 2.42. The van der Waals surface area contributed by atoms with Crippen molar-refractivity contribution in [3.05, 3.63) is 61.9 Å². The Morgan fingerprint density at radius 3 is 2.54 bits per heavy atom. The van der Waals surface area contributed by atoms with Crippen molar-refractivity contribution in [3.8, 4) is 0 Å². The fraction of sp³-hybridized carbons (Fsp3) is 0.312. The minimum Gasteiger partial charge on any atom is -0.389 e. The number of nitrogens with one attached hydrogen (secondary N) is 1. The molecule has 1 atom stereocenters. The molecule has 0 amide bonds. The number of nitrogens with zero attached hydrogens (tertiary/aromatic N) is 2. The second-order valence-electron chi connectivity index (χ2n) is 5.61. The van der Waals surface area contributed by atoms with Gasteiger partial charge in [-0.25, -0.2) is 0 Å². The molecule has 0 aliphatic rings. The van der Waals surface area contributed by atoms with Gasteiger partial charge in [0.25, 0.3) is 5.69 Å². The first-order chi connectivity index (χ1) is 12.0. The van der Waals surface area contributed by atoms with Crippen molar-refractivity contribution in [2.24, 2.45) is 0 Å². The summed E-state index contributed by atoms with van der Waals surface area (Å²) in [6.07, 6.45) is -5.49. The Morgan fingerprint density at radius 1 is 1.38 bits per heavy atom. The molecular weight excluding hydrogens is 375 g/mol. The molecule has 0 aliphatic heterocycles. The molecule has 2 aromatic rings. The van der Waals surface area contributed by atoms with Gasteiger partial charge in [-0.15, -0.1) is 0 Å². The van der Waals surface area contributed by atoms with Gasteiger partial charge in [-0.05, 0) is 26.0 Å². The van der Waals surface area contributed by atoms with Crippen LogP contribution in [0.4, 0.5) is 24.5 Å². The molecular formula is C16H15ClF3N3O3. The lowest BCUT2D eigenvalue weighted by atomic mass is 10.1. The van der Waals surface area contributed by atoms with E-state index in [1.165, 1.54) is 0 Å². The normalized spacial score (nSPS) is 12.7. The van der Waals surface area contributed by atoms with Gasteiger partial charge in [0.2, 0.25) is 0 Å². The van der Waals surface area contributed by atoms with Crippen LogP contribution in [0.15, 0.2) is 24.3 Å². The van der Waals surface area contributed by atoms with Crippen LogP contribution in [0.1, 0.15) is 35.5 Å². The number of hydrogen-bond acceptors (Lipinski definition) is 5. The van der Waals surface area contributed by atoms with E-state index in [4.69, 9.17) is 11.6 Å². The first kappa shape index (κ1) is 19.9. The molecule has 0 saturated carbocycles.